The van der Waals surface area contributed by atoms with Crippen molar-refractivity contribution in [2.45, 2.75) is 6.04 Å². The highest BCUT2D eigenvalue weighted by molar-refractivity contribution is 6.33. The highest BCUT2D eigenvalue weighted by Gasteiger charge is 2.25. The molecule has 0 saturated carbocycles. The van der Waals surface area contributed by atoms with Gasteiger partial charge in [0.05, 0.1) is 17.3 Å². The average molecular weight is 371 g/mol. The van der Waals surface area contributed by atoms with E-state index in [0.29, 0.717) is 13.1 Å². The molecule has 22 heavy (non-hydrogen) atoms. The van der Waals surface area contributed by atoms with E-state index in [-0.39, 0.29) is 37.3 Å². The molecule has 1 aromatic rings. The molecule has 0 aromatic heterocycles. The second-order valence-electron chi connectivity index (χ2n) is 4.83. The van der Waals surface area contributed by atoms with Gasteiger partial charge in [-0.25, -0.2) is 0 Å². The van der Waals surface area contributed by atoms with Crippen molar-refractivity contribution in [2.75, 3.05) is 44.8 Å². The summed E-state index contributed by atoms with van der Waals surface area (Å²) in [7, 11) is 1.54. The first-order valence-corrected chi connectivity index (χ1v) is 7.04. The Morgan fingerprint density at radius 2 is 1.86 bits per heavy atom. The topological polar surface area (TPSA) is 58.8 Å². The molecule has 2 rings (SSSR count). The fourth-order valence-corrected chi connectivity index (χ4v) is 2.62. The van der Waals surface area contributed by atoms with Crippen LogP contribution in [0.15, 0.2) is 24.3 Å². The lowest BCUT2D eigenvalue weighted by molar-refractivity contribution is -0.134. The van der Waals surface area contributed by atoms with E-state index in [1.807, 2.05) is 24.3 Å². The van der Waals surface area contributed by atoms with Gasteiger partial charge in [-0.1, -0.05) is 23.7 Å². The minimum absolute atomic E-state index is 0. The maximum Gasteiger partial charge on any atom is 0.241 e. The van der Waals surface area contributed by atoms with Crippen molar-refractivity contribution in [2.24, 2.45) is 5.73 Å². The number of carbonyl (C=O) groups is 1. The summed E-state index contributed by atoms with van der Waals surface area (Å²) < 4.78 is 4.92. The Hall–Kier alpha value is -0.720. The van der Waals surface area contributed by atoms with Crippen molar-refractivity contribution in [1.82, 2.24) is 4.90 Å². The smallest absolute Gasteiger partial charge is 0.241 e. The third kappa shape index (κ3) is 5.18. The van der Waals surface area contributed by atoms with Gasteiger partial charge >= 0.3 is 0 Å². The molecule has 0 radical (unpaired) electrons. The summed E-state index contributed by atoms with van der Waals surface area (Å²) in [6, 6.07) is 7.18. The molecule has 1 saturated heterocycles. The lowest BCUT2D eigenvalue weighted by atomic mass is 10.2. The van der Waals surface area contributed by atoms with Gasteiger partial charge in [-0.3, -0.25) is 4.79 Å². The second kappa shape index (κ2) is 10.1. The molecular weight excluding hydrogens is 349 g/mol. The van der Waals surface area contributed by atoms with Gasteiger partial charge in [0, 0.05) is 33.3 Å². The lowest BCUT2D eigenvalue weighted by Gasteiger charge is -2.37. The average Bonchev–Trinajstić information content (AvgIpc) is 2.47. The number of piperazine rings is 1. The molecular formula is C14H22Cl3N3O2. The Morgan fingerprint density at radius 1 is 1.27 bits per heavy atom. The van der Waals surface area contributed by atoms with Crippen LogP contribution in [0.2, 0.25) is 5.02 Å². The van der Waals surface area contributed by atoms with E-state index in [2.05, 4.69) is 4.90 Å². The molecule has 8 heteroatoms. The third-order valence-electron chi connectivity index (χ3n) is 3.45. The van der Waals surface area contributed by atoms with Crippen molar-refractivity contribution in [3.05, 3.63) is 29.3 Å². The van der Waals surface area contributed by atoms with Gasteiger partial charge in [0.2, 0.25) is 5.91 Å². The maximum atomic E-state index is 12.1. The number of nitrogens with zero attached hydrogens (tertiary/aromatic N) is 2. The standard InChI is InChI=1S/C14H20ClN3O2.2ClH/c1-20-10-12(16)14(19)18-8-6-17(7-9-18)13-5-3-2-4-11(13)15;;/h2-5,12H,6-10,16H2,1H3;2*1H. The molecule has 1 aliphatic heterocycles. The minimum atomic E-state index is -0.577. The van der Waals surface area contributed by atoms with Gasteiger partial charge in [-0.2, -0.15) is 0 Å². The summed E-state index contributed by atoms with van der Waals surface area (Å²) in [5.41, 5.74) is 6.79. The fourth-order valence-electron chi connectivity index (χ4n) is 2.36. The van der Waals surface area contributed by atoms with Crippen LogP contribution in [0.1, 0.15) is 0 Å². The first kappa shape index (κ1) is 21.3. The number of hydrogen-bond donors (Lipinski definition) is 1. The molecule has 126 valence electrons. The lowest BCUT2D eigenvalue weighted by Crippen LogP contribution is -2.54. The van der Waals surface area contributed by atoms with Crippen LogP contribution in [0, 0.1) is 0 Å². The van der Waals surface area contributed by atoms with Gasteiger partial charge in [-0.05, 0) is 12.1 Å². The molecule has 1 unspecified atom stereocenters. The van der Waals surface area contributed by atoms with E-state index in [1.165, 1.54) is 0 Å². The van der Waals surface area contributed by atoms with Crippen molar-refractivity contribution in [3.8, 4) is 0 Å². The number of amides is 1. The molecule has 0 aliphatic carbocycles. The highest BCUT2D eigenvalue weighted by atomic mass is 35.5. The zero-order valence-corrected chi connectivity index (χ0v) is 14.8. The number of rotatable bonds is 4. The molecule has 1 heterocycles. The molecule has 0 bridgehead atoms. The van der Waals surface area contributed by atoms with E-state index in [0.717, 1.165) is 23.8 Å². The Morgan fingerprint density at radius 3 is 2.41 bits per heavy atom. The molecule has 5 nitrogen and oxygen atoms in total. The fraction of sp³-hybridized carbons (Fsp3) is 0.500. The minimum Gasteiger partial charge on any atom is -0.383 e. The van der Waals surface area contributed by atoms with Crippen LogP contribution in [-0.4, -0.2) is 56.7 Å². The van der Waals surface area contributed by atoms with Crippen molar-refractivity contribution < 1.29 is 9.53 Å². The summed E-state index contributed by atoms with van der Waals surface area (Å²) >= 11 is 6.19. The molecule has 1 atom stereocenters. The number of halogens is 3. The normalized spacial score (nSPS) is 15.6. The summed E-state index contributed by atoms with van der Waals surface area (Å²) in [4.78, 5) is 16.1. The second-order valence-corrected chi connectivity index (χ2v) is 5.23. The summed E-state index contributed by atoms with van der Waals surface area (Å²) in [5, 5.41) is 0.739. The van der Waals surface area contributed by atoms with Crippen molar-refractivity contribution >= 4 is 48.0 Å². The summed E-state index contributed by atoms with van der Waals surface area (Å²) in [6.07, 6.45) is 0. The Kier molecular flexibility index (Phi) is 9.80. The van der Waals surface area contributed by atoms with E-state index in [9.17, 15) is 4.79 Å². The van der Waals surface area contributed by atoms with Gasteiger partial charge < -0.3 is 20.3 Å². The number of para-hydroxylation sites is 1. The predicted molar refractivity (Wildman–Crippen MR) is 94.6 cm³/mol. The Labute approximate surface area is 148 Å². The van der Waals surface area contributed by atoms with E-state index in [4.69, 9.17) is 22.1 Å². The van der Waals surface area contributed by atoms with Crippen LogP contribution in [0.25, 0.3) is 0 Å². The van der Waals surface area contributed by atoms with Crippen LogP contribution in [0.5, 0.6) is 0 Å². The first-order valence-electron chi connectivity index (χ1n) is 6.66. The molecule has 1 fully saturated rings. The molecule has 1 amide bonds. The van der Waals surface area contributed by atoms with Gasteiger partial charge in [0.15, 0.2) is 0 Å². The number of methoxy groups -OCH3 is 1. The van der Waals surface area contributed by atoms with Gasteiger partial charge in [0.25, 0.3) is 0 Å². The SMILES string of the molecule is COCC(N)C(=O)N1CCN(c2ccccc2Cl)CC1.Cl.Cl. The Balaban J connectivity index is 0.00000220. The van der Waals surface area contributed by atoms with Gasteiger partial charge in [-0.15, -0.1) is 24.8 Å². The largest absolute Gasteiger partial charge is 0.383 e. The number of carbonyl (C=O) groups excluding carboxylic acids is 1. The molecule has 1 aromatic carbocycles. The highest BCUT2D eigenvalue weighted by Crippen LogP contribution is 2.26. The molecule has 1 aliphatic rings. The van der Waals surface area contributed by atoms with Crippen LogP contribution in [0.3, 0.4) is 0 Å². The molecule has 0 spiro atoms. The summed E-state index contributed by atoms with van der Waals surface area (Å²) in [5.74, 6) is -0.0503. The van der Waals surface area contributed by atoms with Crippen LogP contribution in [-0.2, 0) is 9.53 Å². The van der Waals surface area contributed by atoms with Crippen LogP contribution < -0.4 is 10.6 Å². The van der Waals surface area contributed by atoms with Crippen molar-refractivity contribution in [3.63, 3.8) is 0 Å². The van der Waals surface area contributed by atoms with E-state index in [1.54, 1.807) is 12.0 Å². The monoisotopic (exact) mass is 369 g/mol. The first-order chi connectivity index (χ1) is 9.63. The van der Waals surface area contributed by atoms with Gasteiger partial charge in [0.1, 0.15) is 6.04 Å². The van der Waals surface area contributed by atoms with Crippen LogP contribution in [0.4, 0.5) is 5.69 Å². The summed E-state index contributed by atoms with van der Waals surface area (Å²) in [6.45, 7) is 3.08. The number of hydrogen-bond acceptors (Lipinski definition) is 4. The number of anilines is 1. The number of nitrogens with two attached hydrogens (primary N) is 1. The zero-order valence-electron chi connectivity index (χ0n) is 12.4. The van der Waals surface area contributed by atoms with E-state index >= 15 is 0 Å². The molecule has 2 N–H and O–H groups in total. The third-order valence-corrected chi connectivity index (χ3v) is 3.77. The van der Waals surface area contributed by atoms with Crippen LogP contribution >= 0.6 is 36.4 Å². The number of ether oxygens (including phenoxy) is 1. The Bertz CT molecular complexity index is 468. The predicted octanol–water partition coefficient (Wildman–Crippen LogP) is 1.81. The number of benzene rings is 1. The zero-order chi connectivity index (χ0) is 14.5. The maximum absolute atomic E-state index is 12.1. The quantitative estimate of drug-likeness (QED) is 0.878. The van der Waals surface area contributed by atoms with E-state index < -0.39 is 6.04 Å². The van der Waals surface area contributed by atoms with Crippen molar-refractivity contribution in [1.29, 1.82) is 0 Å².